The first-order chi connectivity index (χ1) is 11.1. The number of amides is 1. The normalized spacial score (nSPS) is 14.3. The molecule has 1 N–H and O–H groups in total. The number of aryl methyl sites for hydroxylation is 3. The first-order valence-corrected chi connectivity index (χ1v) is 8.02. The van der Waals surface area contributed by atoms with Crippen LogP contribution >= 0.6 is 0 Å². The van der Waals surface area contributed by atoms with Crippen molar-refractivity contribution >= 4 is 5.91 Å². The number of nitrogens with one attached hydrogen (secondary N) is 1. The van der Waals surface area contributed by atoms with Gasteiger partial charge in [0.25, 0.3) is 0 Å². The van der Waals surface area contributed by atoms with E-state index < -0.39 is 0 Å². The molecule has 2 aromatic rings. The van der Waals surface area contributed by atoms with Gasteiger partial charge in [0.1, 0.15) is 5.75 Å². The molecule has 23 heavy (non-hydrogen) atoms. The smallest absolute Gasteiger partial charge is 0.227 e. The lowest BCUT2D eigenvalue weighted by molar-refractivity contribution is -0.131. The Morgan fingerprint density at radius 2 is 2.17 bits per heavy atom. The lowest BCUT2D eigenvalue weighted by Gasteiger charge is -2.21. The molecular formula is C18H23N3O2. The molecule has 5 heteroatoms. The molecule has 0 unspecified atom stereocenters. The van der Waals surface area contributed by atoms with Crippen molar-refractivity contribution in [2.24, 2.45) is 0 Å². The van der Waals surface area contributed by atoms with Gasteiger partial charge in [0.15, 0.2) is 0 Å². The maximum atomic E-state index is 12.7. The molecule has 0 radical (unpaired) electrons. The Labute approximate surface area is 136 Å². The van der Waals surface area contributed by atoms with Crippen LogP contribution in [-0.4, -0.2) is 34.7 Å². The second kappa shape index (κ2) is 6.44. The highest BCUT2D eigenvalue weighted by atomic mass is 16.5. The summed E-state index contributed by atoms with van der Waals surface area (Å²) in [6, 6.07) is 6.14. The van der Waals surface area contributed by atoms with Crippen molar-refractivity contribution in [3.05, 3.63) is 46.3 Å². The van der Waals surface area contributed by atoms with Crippen LogP contribution in [0.5, 0.6) is 5.75 Å². The molecule has 0 aliphatic carbocycles. The minimum atomic E-state index is 0.168. The van der Waals surface area contributed by atoms with E-state index in [4.69, 9.17) is 4.74 Å². The zero-order chi connectivity index (χ0) is 16.4. The van der Waals surface area contributed by atoms with E-state index in [9.17, 15) is 4.79 Å². The van der Waals surface area contributed by atoms with Gasteiger partial charge in [0.2, 0.25) is 5.91 Å². The molecule has 0 atom stereocenters. The Hall–Kier alpha value is -2.30. The summed E-state index contributed by atoms with van der Waals surface area (Å²) in [6.07, 6.45) is 2.38. The molecule has 1 aromatic carbocycles. The van der Waals surface area contributed by atoms with Crippen molar-refractivity contribution in [1.82, 2.24) is 15.1 Å². The Kier molecular flexibility index (Phi) is 4.37. The van der Waals surface area contributed by atoms with Crippen LogP contribution in [0.4, 0.5) is 0 Å². The number of hydrogen-bond acceptors (Lipinski definition) is 3. The molecule has 0 saturated carbocycles. The van der Waals surface area contributed by atoms with Crippen LogP contribution in [-0.2, 0) is 24.2 Å². The summed E-state index contributed by atoms with van der Waals surface area (Å²) < 4.78 is 5.30. The first kappa shape index (κ1) is 15.6. The third-order valence-electron chi connectivity index (χ3n) is 4.61. The molecule has 1 amide bonds. The average Bonchev–Trinajstić information content (AvgIpc) is 2.77. The van der Waals surface area contributed by atoms with Crippen LogP contribution in [0.2, 0.25) is 0 Å². The van der Waals surface area contributed by atoms with Gasteiger partial charge in [0, 0.05) is 24.3 Å². The fourth-order valence-corrected chi connectivity index (χ4v) is 3.17. The van der Waals surface area contributed by atoms with Gasteiger partial charge < -0.3 is 9.64 Å². The predicted octanol–water partition coefficient (Wildman–Crippen LogP) is 2.55. The molecule has 0 saturated heterocycles. The van der Waals surface area contributed by atoms with Crippen molar-refractivity contribution in [1.29, 1.82) is 0 Å². The summed E-state index contributed by atoms with van der Waals surface area (Å²) in [5.74, 6) is 1.05. The number of aromatic amines is 1. The molecule has 5 nitrogen and oxygen atoms in total. The van der Waals surface area contributed by atoms with Crippen molar-refractivity contribution in [3.8, 4) is 5.75 Å². The number of nitrogens with zero attached hydrogens (tertiary/aromatic N) is 2. The topological polar surface area (TPSA) is 58.2 Å². The van der Waals surface area contributed by atoms with E-state index in [1.54, 1.807) is 7.11 Å². The Morgan fingerprint density at radius 1 is 1.35 bits per heavy atom. The van der Waals surface area contributed by atoms with Crippen LogP contribution in [0.1, 0.15) is 34.5 Å². The quantitative estimate of drug-likeness (QED) is 0.947. The lowest BCUT2D eigenvalue weighted by Crippen LogP contribution is -2.32. The highest BCUT2D eigenvalue weighted by Gasteiger charge is 2.21. The van der Waals surface area contributed by atoms with Crippen molar-refractivity contribution in [2.75, 3.05) is 13.7 Å². The van der Waals surface area contributed by atoms with Crippen LogP contribution < -0.4 is 4.74 Å². The van der Waals surface area contributed by atoms with E-state index in [1.807, 2.05) is 24.8 Å². The summed E-state index contributed by atoms with van der Waals surface area (Å²) in [7, 11) is 1.68. The fraction of sp³-hybridized carbons (Fsp3) is 0.444. The van der Waals surface area contributed by atoms with E-state index in [-0.39, 0.29) is 5.91 Å². The van der Waals surface area contributed by atoms with Crippen molar-refractivity contribution in [3.63, 3.8) is 0 Å². The summed E-state index contributed by atoms with van der Waals surface area (Å²) in [5.41, 5.74) is 5.42. The highest BCUT2D eigenvalue weighted by molar-refractivity contribution is 5.79. The van der Waals surface area contributed by atoms with Gasteiger partial charge in [-0.15, -0.1) is 0 Å². The average molecular weight is 313 g/mol. The SMILES string of the molecule is COc1ccc2c(c1)CCCN(C(=O)Cc1c(C)n[nH]c1C)C2. The number of methoxy groups -OCH3 is 1. The molecular weight excluding hydrogens is 290 g/mol. The van der Waals surface area contributed by atoms with Crippen LogP contribution in [0.25, 0.3) is 0 Å². The van der Waals surface area contributed by atoms with E-state index >= 15 is 0 Å². The maximum Gasteiger partial charge on any atom is 0.227 e. The zero-order valence-corrected chi connectivity index (χ0v) is 14.0. The van der Waals surface area contributed by atoms with Crippen LogP contribution in [0.3, 0.4) is 0 Å². The minimum Gasteiger partial charge on any atom is -0.497 e. The third kappa shape index (κ3) is 3.23. The summed E-state index contributed by atoms with van der Waals surface area (Å²) >= 11 is 0. The number of aromatic nitrogens is 2. The fourth-order valence-electron chi connectivity index (χ4n) is 3.17. The zero-order valence-electron chi connectivity index (χ0n) is 14.0. The number of benzene rings is 1. The molecule has 0 fully saturated rings. The second-order valence-electron chi connectivity index (χ2n) is 6.14. The standard InChI is InChI=1S/C18H23N3O2/c1-12-17(13(2)20-19-12)10-18(22)21-8-4-5-14-9-16(23-3)7-6-15(14)11-21/h6-7,9H,4-5,8,10-11H2,1-3H3,(H,19,20). The lowest BCUT2D eigenvalue weighted by atomic mass is 10.0. The van der Waals surface area contributed by atoms with Crippen molar-refractivity contribution < 1.29 is 9.53 Å². The maximum absolute atomic E-state index is 12.7. The molecule has 0 bridgehead atoms. The number of H-pyrrole nitrogens is 1. The van der Waals surface area contributed by atoms with Gasteiger partial charge in [-0.05, 0) is 49.9 Å². The Morgan fingerprint density at radius 3 is 2.87 bits per heavy atom. The molecule has 122 valence electrons. The molecule has 1 aliphatic rings. The Bertz CT molecular complexity index is 702. The van der Waals surface area contributed by atoms with Gasteiger partial charge in [0.05, 0.1) is 19.2 Å². The molecule has 2 heterocycles. The van der Waals surface area contributed by atoms with E-state index in [0.717, 1.165) is 42.1 Å². The number of carbonyl (C=O) groups is 1. The van der Waals surface area contributed by atoms with Gasteiger partial charge in [-0.2, -0.15) is 5.10 Å². The van der Waals surface area contributed by atoms with Gasteiger partial charge in [-0.25, -0.2) is 0 Å². The van der Waals surface area contributed by atoms with Crippen molar-refractivity contribution in [2.45, 2.75) is 39.7 Å². The summed E-state index contributed by atoms with van der Waals surface area (Å²) in [6.45, 7) is 5.38. The largest absolute Gasteiger partial charge is 0.497 e. The summed E-state index contributed by atoms with van der Waals surface area (Å²) in [5, 5.41) is 7.13. The third-order valence-corrected chi connectivity index (χ3v) is 4.61. The van der Waals surface area contributed by atoms with E-state index in [0.29, 0.717) is 13.0 Å². The minimum absolute atomic E-state index is 0.168. The van der Waals surface area contributed by atoms with Gasteiger partial charge >= 0.3 is 0 Å². The summed E-state index contributed by atoms with van der Waals surface area (Å²) in [4.78, 5) is 14.7. The van der Waals surface area contributed by atoms with Crippen LogP contribution in [0, 0.1) is 13.8 Å². The molecule has 0 spiro atoms. The van der Waals surface area contributed by atoms with Crippen LogP contribution in [0.15, 0.2) is 18.2 Å². The number of carbonyl (C=O) groups excluding carboxylic acids is 1. The molecule has 1 aliphatic heterocycles. The van der Waals surface area contributed by atoms with Gasteiger partial charge in [-0.1, -0.05) is 6.07 Å². The highest BCUT2D eigenvalue weighted by Crippen LogP contribution is 2.24. The van der Waals surface area contributed by atoms with E-state index in [2.05, 4.69) is 22.3 Å². The number of hydrogen-bond donors (Lipinski definition) is 1. The van der Waals surface area contributed by atoms with E-state index in [1.165, 1.54) is 11.1 Å². The molecule has 3 rings (SSSR count). The monoisotopic (exact) mass is 313 g/mol. The Balaban J connectivity index is 1.76. The van der Waals surface area contributed by atoms with Gasteiger partial charge in [-0.3, -0.25) is 9.89 Å². The first-order valence-electron chi connectivity index (χ1n) is 8.02. The number of rotatable bonds is 3. The predicted molar refractivity (Wildman–Crippen MR) is 88.5 cm³/mol. The second-order valence-corrected chi connectivity index (χ2v) is 6.14. The number of fused-ring (bicyclic) bond motifs is 1. The number of ether oxygens (including phenoxy) is 1. The molecule has 1 aromatic heterocycles.